The third-order valence-corrected chi connectivity index (χ3v) is 4.15. The van der Waals surface area contributed by atoms with Crippen LogP contribution < -0.4 is 20.1 Å². The number of hydrogen-bond donors (Lipinski definition) is 2. The minimum atomic E-state index is -0.244. The van der Waals surface area contributed by atoms with Crippen LogP contribution in [0.5, 0.6) is 17.4 Å². The molecule has 0 aliphatic rings. The minimum Gasteiger partial charge on any atom is -0.497 e. The minimum absolute atomic E-state index is 0. The summed E-state index contributed by atoms with van der Waals surface area (Å²) in [7, 11) is 3.28. The van der Waals surface area contributed by atoms with Crippen molar-refractivity contribution in [1.82, 2.24) is 15.6 Å². The summed E-state index contributed by atoms with van der Waals surface area (Å²) in [6, 6.07) is 17.7. The molecule has 2 N–H and O–H groups in total. The monoisotopic (exact) mass is 522 g/mol. The van der Waals surface area contributed by atoms with E-state index in [0.29, 0.717) is 36.2 Å². The van der Waals surface area contributed by atoms with Gasteiger partial charge in [0, 0.05) is 44.0 Å². The van der Waals surface area contributed by atoms with Crippen molar-refractivity contribution in [2.24, 2.45) is 4.99 Å². The zero-order valence-corrected chi connectivity index (χ0v) is 19.1. The van der Waals surface area contributed by atoms with Gasteiger partial charge in [-0.25, -0.2) is 9.37 Å². The predicted molar refractivity (Wildman–Crippen MR) is 126 cm³/mol. The molecule has 8 heteroatoms. The molecule has 0 amide bonds. The number of ether oxygens (including phenoxy) is 2. The number of methoxy groups -OCH3 is 1. The highest BCUT2D eigenvalue weighted by atomic mass is 127. The van der Waals surface area contributed by atoms with Gasteiger partial charge in [-0.05, 0) is 23.8 Å². The molecule has 1 aromatic heterocycles. The highest BCUT2D eigenvalue weighted by molar-refractivity contribution is 14.0. The van der Waals surface area contributed by atoms with E-state index in [9.17, 15) is 4.39 Å². The van der Waals surface area contributed by atoms with Crippen LogP contribution in [-0.4, -0.2) is 25.1 Å². The molecule has 0 saturated carbocycles. The van der Waals surface area contributed by atoms with Crippen molar-refractivity contribution in [2.75, 3.05) is 14.2 Å². The number of pyridine rings is 1. The lowest BCUT2D eigenvalue weighted by atomic mass is 10.2. The molecule has 0 aliphatic heterocycles. The molecular formula is C22H24FIN4O2. The molecule has 2 aromatic carbocycles. The number of halogens is 2. The van der Waals surface area contributed by atoms with Crippen LogP contribution in [0.15, 0.2) is 71.9 Å². The fourth-order valence-corrected chi connectivity index (χ4v) is 2.59. The van der Waals surface area contributed by atoms with Crippen LogP contribution >= 0.6 is 24.0 Å². The molecule has 3 aromatic rings. The Labute approximate surface area is 192 Å². The molecular weight excluding hydrogens is 498 g/mol. The molecule has 0 aliphatic carbocycles. The van der Waals surface area contributed by atoms with Crippen LogP contribution in [0.4, 0.5) is 4.39 Å². The highest BCUT2D eigenvalue weighted by Gasteiger charge is 2.04. The van der Waals surface area contributed by atoms with Crippen LogP contribution in [0, 0.1) is 5.82 Å². The van der Waals surface area contributed by atoms with Crippen LogP contribution in [0.2, 0.25) is 0 Å². The second-order valence-corrected chi connectivity index (χ2v) is 6.16. The van der Waals surface area contributed by atoms with Crippen molar-refractivity contribution in [2.45, 2.75) is 13.1 Å². The van der Waals surface area contributed by atoms with Crippen molar-refractivity contribution in [3.05, 3.63) is 83.8 Å². The van der Waals surface area contributed by atoms with Crippen LogP contribution in [-0.2, 0) is 13.1 Å². The Hall–Kier alpha value is -2.88. The molecule has 0 radical (unpaired) electrons. The summed E-state index contributed by atoms with van der Waals surface area (Å²) in [4.78, 5) is 8.48. The smallest absolute Gasteiger partial charge is 0.219 e. The molecule has 0 saturated heterocycles. The third-order valence-electron chi connectivity index (χ3n) is 4.15. The maximum Gasteiger partial charge on any atom is 0.219 e. The number of guanidine groups is 1. The molecule has 158 valence electrons. The normalized spacial score (nSPS) is 10.7. The molecule has 0 unspecified atom stereocenters. The quantitative estimate of drug-likeness (QED) is 0.272. The van der Waals surface area contributed by atoms with Crippen molar-refractivity contribution in [1.29, 1.82) is 0 Å². The summed E-state index contributed by atoms with van der Waals surface area (Å²) in [6.45, 7) is 0.862. The summed E-state index contributed by atoms with van der Waals surface area (Å²) in [5.41, 5.74) is 1.54. The number of nitrogens with one attached hydrogen (secondary N) is 2. The maximum atomic E-state index is 13.7. The number of nitrogens with zero attached hydrogens (tertiary/aromatic N) is 2. The van der Waals surface area contributed by atoms with E-state index in [4.69, 9.17) is 9.47 Å². The fourth-order valence-electron chi connectivity index (χ4n) is 2.59. The number of rotatable bonds is 7. The van der Waals surface area contributed by atoms with Gasteiger partial charge in [0.05, 0.1) is 7.11 Å². The second-order valence-electron chi connectivity index (χ2n) is 6.16. The Balaban J connectivity index is 0.00000320. The molecule has 3 rings (SSSR count). The highest BCUT2D eigenvalue weighted by Crippen LogP contribution is 2.23. The number of benzene rings is 2. The Morgan fingerprint density at radius 1 is 1.00 bits per heavy atom. The van der Waals surface area contributed by atoms with E-state index >= 15 is 0 Å². The largest absolute Gasteiger partial charge is 0.497 e. The molecule has 0 spiro atoms. The van der Waals surface area contributed by atoms with Gasteiger partial charge in [-0.2, -0.15) is 0 Å². The Morgan fingerprint density at radius 3 is 2.47 bits per heavy atom. The van der Waals surface area contributed by atoms with Gasteiger partial charge < -0.3 is 20.1 Å². The summed E-state index contributed by atoms with van der Waals surface area (Å²) >= 11 is 0. The summed E-state index contributed by atoms with van der Waals surface area (Å²) in [5, 5.41) is 6.27. The maximum absolute atomic E-state index is 13.7. The second kappa shape index (κ2) is 12.0. The molecule has 30 heavy (non-hydrogen) atoms. The van der Waals surface area contributed by atoms with Gasteiger partial charge in [-0.3, -0.25) is 4.99 Å². The van der Waals surface area contributed by atoms with Gasteiger partial charge in [0.1, 0.15) is 17.3 Å². The molecule has 1 heterocycles. The van der Waals surface area contributed by atoms with E-state index < -0.39 is 0 Å². The van der Waals surface area contributed by atoms with Gasteiger partial charge >= 0.3 is 0 Å². The Kier molecular flexibility index (Phi) is 9.33. The van der Waals surface area contributed by atoms with Crippen LogP contribution in [0.25, 0.3) is 0 Å². The summed E-state index contributed by atoms with van der Waals surface area (Å²) in [5.74, 6) is 2.19. The first-order valence-electron chi connectivity index (χ1n) is 9.12. The fraction of sp³-hybridized carbons (Fsp3) is 0.182. The average Bonchev–Trinajstić information content (AvgIpc) is 2.76. The van der Waals surface area contributed by atoms with Crippen molar-refractivity contribution in [3.63, 3.8) is 0 Å². The topological polar surface area (TPSA) is 67.8 Å². The first-order chi connectivity index (χ1) is 14.2. The third kappa shape index (κ3) is 6.87. The summed E-state index contributed by atoms with van der Waals surface area (Å²) < 4.78 is 24.6. The number of aliphatic imine (C=N–C) groups is 1. The lowest BCUT2D eigenvalue weighted by Crippen LogP contribution is -2.36. The summed E-state index contributed by atoms with van der Waals surface area (Å²) in [6.07, 6.45) is 1.73. The van der Waals surface area contributed by atoms with Crippen LogP contribution in [0.1, 0.15) is 11.1 Å². The van der Waals surface area contributed by atoms with E-state index in [1.54, 1.807) is 50.7 Å². The van der Waals surface area contributed by atoms with E-state index in [0.717, 1.165) is 11.3 Å². The van der Waals surface area contributed by atoms with E-state index in [-0.39, 0.29) is 29.8 Å². The lowest BCUT2D eigenvalue weighted by molar-refractivity contribution is 0.407. The average molecular weight is 522 g/mol. The first-order valence-corrected chi connectivity index (χ1v) is 9.12. The first kappa shape index (κ1) is 23.4. The van der Waals surface area contributed by atoms with E-state index in [1.165, 1.54) is 6.07 Å². The van der Waals surface area contributed by atoms with Gasteiger partial charge in [0.15, 0.2) is 5.96 Å². The zero-order chi connectivity index (χ0) is 20.5. The lowest BCUT2D eigenvalue weighted by Gasteiger charge is -2.12. The van der Waals surface area contributed by atoms with Gasteiger partial charge in [-0.1, -0.05) is 30.3 Å². The van der Waals surface area contributed by atoms with Gasteiger partial charge in [0.25, 0.3) is 0 Å². The predicted octanol–water partition coefficient (Wildman–Crippen LogP) is 4.50. The van der Waals surface area contributed by atoms with E-state index in [2.05, 4.69) is 20.6 Å². The Morgan fingerprint density at radius 2 is 1.77 bits per heavy atom. The standard InChI is InChI=1S/C22H23FN4O2.HI/c1-24-22(27-15-17-6-3-4-9-20(17)23)26-14-16-10-11-21(25-13-16)29-19-8-5-7-18(12-19)28-2;/h3-13H,14-15H2,1-2H3,(H2,24,26,27);1H. The van der Waals surface area contributed by atoms with Gasteiger partial charge in [0.2, 0.25) is 5.88 Å². The molecule has 0 fully saturated rings. The SMILES string of the molecule is CN=C(NCc1ccc(Oc2cccc(OC)c2)nc1)NCc1ccccc1F.I. The van der Waals surface area contributed by atoms with E-state index in [1.807, 2.05) is 24.3 Å². The number of hydrogen-bond acceptors (Lipinski definition) is 4. The Bertz CT molecular complexity index is 967. The molecule has 0 atom stereocenters. The van der Waals surface area contributed by atoms with Crippen LogP contribution in [0.3, 0.4) is 0 Å². The molecule has 0 bridgehead atoms. The van der Waals surface area contributed by atoms with Gasteiger partial charge in [-0.15, -0.1) is 24.0 Å². The zero-order valence-electron chi connectivity index (χ0n) is 16.8. The van der Waals surface area contributed by atoms with Crippen molar-refractivity contribution >= 4 is 29.9 Å². The van der Waals surface area contributed by atoms with Crippen molar-refractivity contribution < 1.29 is 13.9 Å². The van der Waals surface area contributed by atoms with Crippen molar-refractivity contribution in [3.8, 4) is 17.4 Å². The number of aromatic nitrogens is 1. The molecule has 6 nitrogen and oxygen atoms in total.